The molecule has 0 spiro atoms. The molecule has 2 aliphatic heterocycles. The number of hydrogen-bond acceptors (Lipinski definition) is 5. The number of carbonyl (C=O) groups is 2. The molecule has 0 bridgehead atoms. The fourth-order valence-corrected chi connectivity index (χ4v) is 4.58. The highest BCUT2D eigenvalue weighted by Crippen LogP contribution is 2.42. The molecule has 2 heterocycles. The largest absolute Gasteiger partial charge is 0.506 e. The van der Waals surface area contributed by atoms with Crippen molar-refractivity contribution in [3.8, 4) is 5.75 Å². The third kappa shape index (κ3) is 3.66. The molecule has 6 nitrogen and oxygen atoms in total. The molecule has 2 saturated heterocycles. The third-order valence-electron chi connectivity index (χ3n) is 5.41. The first-order valence-corrected chi connectivity index (χ1v) is 10.3. The number of halogens is 1. The number of phenolic OH excluding ortho intramolecular Hbond substituents is 1. The van der Waals surface area contributed by atoms with E-state index >= 15 is 0 Å². The first kappa shape index (κ1) is 19.3. The zero-order valence-electron chi connectivity index (χ0n) is 14.7. The van der Waals surface area contributed by atoms with Crippen molar-refractivity contribution in [1.82, 2.24) is 9.80 Å². The predicted octanol–water partition coefficient (Wildman–Crippen LogP) is 1.23. The lowest BCUT2D eigenvalue weighted by Gasteiger charge is -2.27. The van der Waals surface area contributed by atoms with E-state index in [2.05, 4.69) is 0 Å². The fourth-order valence-electron chi connectivity index (χ4n) is 3.95. The van der Waals surface area contributed by atoms with Gasteiger partial charge in [-0.25, -0.2) is 0 Å². The van der Waals surface area contributed by atoms with Crippen LogP contribution in [0.2, 0.25) is 5.02 Å². The Hall–Kier alpha value is -1.44. The van der Waals surface area contributed by atoms with E-state index in [9.17, 15) is 19.8 Å². The molecule has 1 aromatic rings. The van der Waals surface area contributed by atoms with Crippen LogP contribution < -0.4 is 0 Å². The molecular weight excluding hydrogens is 376 g/mol. The first-order valence-electron chi connectivity index (χ1n) is 8.51. The maximum Gasteiger partial charge on any atom is 0.232 e. The minimum Gasteiger partial charge on any atom is -0.506 e. The minimum atomic E-state index is -0.420. The number of likely N-dealkylation sites (tertiary alicyclic amines) is 2. The quantitative estimate of drug-likeness (QED) is 0.779. The number of carbonyl (C=O) groups excluding carboxylic acids is 2. The van der Waals surface area contributed by atoms with Crippen LogP contribution in [0, 0.1) is 11.3 Å². The van der Waals surface area contributed by atoms with E-state index in [4.69, 9.17) is 11.6 Å². The molecule has 2 amide bonds. The maximum atomic E-state index is 12.7. The summed E-state index contributed by atoms with van der Waals surface area (Å²) in [4.78, 5) is 28.4. The second-order valence-electron chi connectivity index (χ2n) is 7.16. The topological polar surface area (TPSA) is 81.1 Å². The molecule has 2 unspecified atom stereocenters. The molecule has 142 valence electrons. The van der Waals surface area contributed by atoms with Crippen LogP contribution in [0.5, 0.6) is 5.75 Å². The van der Waals surface area contributed by atoms with Crippen LogP contribution in [-0.2, 0) is 16.0 Å². The first-order chi connectivity index (χ1) is 12.4. The lowest BCUT2D eigenvalue weighted by Crippen LogP contribution is -2.41. The number of fused-ring (bicyclic) bond motifs is 1. The highest BCUT2D eigenvalue weighted by Gasteiger charge is 2.53. The molecule has 3 rings (SSSR count). The summed E-state index contributed by atoms with van der Waals surface area (Å²) in [7, 11) is 0. The van der Waals surface area contributed by atoms with Crippen molar-refractivity contribution in [2.75, 3.05) is 44.8 Å². The molecule has 2 fully saturated rings. The number of hydrogen-bond donors (Lipinski definition) is 2. The lowest BCUT2D eigenvalue weighted by atomic mass is 9.82. The zero-order chi connectivity index (χ0) is 18.9. The number of rotatable bonds is 5. The van der Waals surface area contributed by atoms with Gasteiger partial charge in [0, 0.05) is 37.5 Å². The Bertz CT molecular complexity index is 716. The Labute approximate surface area is 162 Å². The predicted molar refractivity (Wildman–Crippen MR) is 101 cm³/mol. The van der Waals surface area contributed by atoms with Crippen LogP contribution >= 0.6 is 23.4 Å². The van der Waals surface area contributed by atoms with Crippen molar-refractivity contribution in [3.63, 3.8) is 0 Å². The van der Waals surface area contributed by atoms with Crippen molar-refractivity contribution in [1.29, 1.82) is 0 Å². The summed E-state index contributed by atoms with van der Waals surface area (Å²) in [6, 6.07) is 4.76. The summed E-state index contributed by atoms with van der Waals surface area (Å²) in [6.07, 6.45) is 2.09. The number of aromatic hydroxyl groups is 1. The number of phenols is 1. The van der Waals surface area contributed by atoms with Gasteiger partial charge in [0.15, 0.2) is 0 Å². The molecule has 0 saturated carbocycles. The van der Waals surface area contributed by atoms with E-state index < -0.39 is 5.41 Å². The van der Waals surface area contributed by atoms with Crippen molar-refractivity contribution in [2.45, 2.75) is 6.42 Å². The SMILES string of the molecule is CSCC(=O)N1CC2CN(C(=O)Cc3ccc(O)c(Cl)c3)CC2(CO)C1. The molecule has 8 heteroatoms. The monoisotopic (exact) mass is 398 g/mol. The third-order valence-corrected chi connectivity index (χ3v) is 6.25. The number of nitrogens with zero attached hydrogens (tertiary/aromatic N) is 2. The number of thioether (sulfide) groups is 1. The number of amides is 2. The van der Waals surface area contributed by atoms with Crippen LogP contribution in [-0.4, -0.2) is 76.6 Å². The van der Waals surface area contributed by atoms with E-state index in [1.165, 1.54) is 17.8 Å². The van der Waals surface area contributed by atoms with Crippen molar-refractivity contribution in [3.05, 3.63) is 28.8 Å². The Morgan fingerprint density at radius 1 is 1.27 bits per heavy atom. The highest BCUT2D eigenvalue weighted by molar-refractivity contribution is 7.99. The number of benzene rings is 1. The maximum absolute atomic E-state index is 12.7. The molecule has 2 aliphatic rings. The summed E-state index contributed by atoms with van der Waals surface area (Å²) < 4.78 is 0. The second kappa shape index (κ2) is 7.66. The Morgan fingerprint density at radius 3 is 2.46 bits per heavy atom. The highest BCUT2D eigenvalue weighted by atomic mass is 35.5. The van der Waals surface area contributed by atoms with Gasteiger partial charge in [0.25, 0.3) is 0 Å². The Kier molecular flexibility index (Phi) is 5.69. The molecule has 26 heavy (non-hydrogen) atoms. The Morgan fingerprint density at radius 2 is 1.92 bits per heavy atom. The van der Waals surface area contributed by atoms with E-state index in [-0.39, 0.29) is 41.5 Å². The van der Waals surface area contributed by atoms with E-state index in [0.29, 0.717) is 31.9 Å². The smallest absolute Gasteiger partial charge is 0.232 e. The molecule has 0 radical (unpaired) electrons. The van der Waals surface area contributed by atoms with Gasteiger partial charge in [-0.3, -0.25) is 9.59 Å². The van der Waals surface area contributed by atoms with Gasteiger partial charge in [0.05, 0.1) is 23.8 Å². The standard InChI is InChI=1S/C18H23ClN2O4S/c1-26-8-17(25)21-7-13-6-20(9-18(13,10-21)11-22)16(24)5-12-2-3-15(23)14(19)4-12/h2-4,13,22-23H,5-11H2,1H3. The molecule has 2 N–H and O–H groups in total. The molecule has 2 atom stereocenters. The molecular formula is C18H23ClN2O4S. The Balaban J connectivity index is 1.65. The molecule has 0 aromatic heterocycles. The van der Waals surface area contributed by atoms with Gasteiger partial charge in [0.2, 0.25) is 11.8 Å². The summed E-state index contributed by atoms with van der Waals surface area (Å²) in [5.41, 5.74) is 0.320. The van der Waals surface area contributed by atoms with E-state index in [0.717, 1.165) is 5.56 Å². The molecule has 0 aliphatic carbocycles. The number of aliphatic hydroxyl groups excluding tert-OH is 1. The van der Waals surface area contributed by atoms with E-state index in [1.54, 1.807) is 17.0 Å². The van der Waals surface area contributed by atoms with E-state index in [1.807, 2.05) is 11.2 Å². The average Bonchev–Trinajstić information content (AvgIpc) is 3.13. The summed E-state index contributed by atoms with van der Waals surface area (Å²) in [6.45, 7) is 2.07. The van der Waals surface area contributed by atoms with Gasteiger partial charge in [-0.05, 0) is 24.0 Å². The van der Waals surface area contributed by atoms with Gasteiger partial charge in [-0.2, -0.15) is 11.8 Å². The van der Waals surface area contributed by atoms with Crippen LogP contribution in [0.1, 0.15) is 5.56 Å². The fraction of sp³-hybridized carbons (Fsp3) is 0.556. The van der Waals surface area contributed by atoms with Crippen molar-refractivity contribution < 1.29 is 19.8 Å². The zero-order valence-corrected chi connectivity index (χ0v) is 16.2. The average molecular weight is 399 g/mol. The van der Waals surface area contributed by atoms with Crippen LogP contribution in [0.3, 0.4) is 0 Å². The van der Waals surface area contributed by atoms with Gasteiger partial charge in [0.1, 0.15) is 5.75 Å². The van der Waals surface area contributed by atoms with Crippen LogP contribution in [0.15, 0.2) is 18.2 Å². The lowest BCUT2D eigenvalue weighted by molar-refractivity contribution is -0.130. The van der Waals surface area contributed by atoms with Gasteiger partial charge >= 0.3 is 0 Å². The molecule has 1 aromatic carbocycles. The van der Waals surface area contributed by atoms with Gasteiger partial charge in [-0.1, -0.05) is 17.7 Å². The van der Waals surface area contributed by atoms with Crippen molar-refractivity contribution in [2.24, 2.45) is 11.3 Å². The minimum absolute atomic E-state index is 0.00666. The summed E-state index contributed by atoms with van der Waals surface area (Å²) >= 11 is 7.40. The number of aliphatic hydroxyl groups is 1. The van der Waals surface area contributed by atoms with Crippen LogP contribution in [0.4, 0.5) is 0 Å². The van der Waals surface area contributed by atoms with Gasteiger partial charge < -0.3 is 20.0 Å². The van der Waals surface area contributed by atoms with Crippen molar-refractivity contribution >= 4 is 35.2 Å². The normalized spacial score (nSPS) is 24.8. The summed E-state index contributed by atoms with van der Waals surface area (Å²) in [5, 5.41) is 19.7. The summed E-state index contributed by atoms with van der Waals surface area (Å²) in [5.74, 6) is 0.601. The second-order valence-corrected chi connectivity index (χ2v) is 8.43. The van der Waals surface area contributed by atoms with Gasteiger partial charge in [-0.15, -0.1) is 0 Å². The van der Waals surface area contributed by atoms with Crippen LogP contribution in [0.25, 0.3) is 0 Å².